The number of aliphatic imine (C=N–C) groups is 1. The van der Waals surface area contributed by atoms with Crippen LogP contribution in [0.5, 0.6) is 5.75 Å². The first kappa shape index (κ1) is 15.4. The van der Waals surface area contributed by atoms with Crippen molar-refractivity contribution in [3.05, 3.63) is 77.8 Å². The molecule has 0 saturated heterocycles. The molecule has 0 fully saturated rings. The van der Waals surface area contributed by atoms with Gasteiger partial charge in [0.15, 0.2) is 0 Å². The fourth-order valence-corrected chi connectivity index (χ4v) is 2.91. The van der Waals surface area contributed by atoms with E-state index in [9.17, 15) is 4.39 Å². The molecule has 0 radical (unpaired) electrons. The molecule has 2 heterocycles. The van der Waals surface area contributed by atoms with E-state index in [1.54, 1.807) is 36.3 Å². The number of furan rings is 1. The lowest BCUT2D eigenvalue weighted by Crippen LogP contribution is -2.42. The van der Waals surface area contributed by atoms with Crippen LogP contribution in [0.4, 0.5) is 16.0 Å². The molecule has 0 bridgehead atoms. The lowest BCUT2D eigenvalue weighted by Gasteiger charge is -2.34. The number of hydrogen-bond donors (Lipinski definition) is 1. The molecule has 5 nitrogen and oxygen atoms in total. The van der Waals surface area contributed by atoms with Gasteiger partial charge in [0, 0.05) is 5.69 Å². The molecular weight excluding hydrogens is 321 g/mol. The highest BCUT2D eigenvalue weighted by molar-refractivity contribution is 6.12. The number of nitrogens with two attached hydrogens (primary N) is 1. The van der Waals surface area contributed by atoms with E-state index >= 15 is 0 Å². The summed E-state index contributed by atoms with van der Waals surface area (Å²) in [6.07, 6.45) is 0.985. The highest BCUT2D eigenvalue weighted by Crippen LogP contribution is 2.38. The van der Waals surface area contributed by atoms with Gasteiger partial charge in [-0.1, -0.05) is 12.1 Å². The van der Waals surface area contributed by atoms with Gasteiger partial charge in [-0.2, -0.15) is 4.99 Å². The number of nitrogens with zero attached hydrogens (tertiary/aromatic N) is 2. The van der Waals surface area contributed by atoms with Gasteiger partial charge in [-0.05, 0) is 42.5 Å². The predicted molar refractivity (Wildman–Crippen MR) is 93.7 cm³/mol. The number of fused-ring (bicyclic) bond motifs is 1. The Bertz CT molecular complexity index is 934. The summed E-state index contributed by atoms with van der Waals surface area (Å²) in [5.41, 5.74) is 8.33. The second-order valence-corrected chi connectivity index (χ2v) is 5.61. The number of benzene rings is 2. The first-order chi connectivity index (χ1) is 12.2. The normalized spacial score (nSPS) is 16.4. The van der Waals surface area contributed by atoms with Crippen molar-refractivity contribution in [2.24, 2.45) is 10.7 Å². The molecule has 1 aliphatic rings. The third-order valence-corrected chi connectivity index (χ3v) is 4.17. The van der Waals surface area contributed by atoms with E-state index in [0.717, 1.165) is 17.0 Å². The second-order valence-electron chi connectivity index (χ2n) is 5.61. The largest absolute Gasteiger partial charge is 0.497 e. The Labute approximate surface area is 144 Å². The third-order valence-electron chi connectivity index (χ3n) is 4.17. The van der Waals surface area contributed by atoms with Crippen molar-refractivity contribution in [2.75, 3.05) is 12.0 Å². The van der Waals surface area contributed by atoms with E-state index in [0.29, 0.717) is 17.3 Å². The summed E-state index contributed by atoms with van der Waals surface area (Å²) in [6.45, 7) is 0. The van der Waals surface area contributed by atoms with Crippen molar-refractivity contribution in [3.8, 4) is 5.75 Å². The smallest absolute Gasteiger partial charge is 0.227 e. The average molecular weight is 337 g/mol. The van der Waals surface area contributed by atoms with E-state index < -0.39 is 6.17 Å². The number of anilines is 1. The summed E-state index contributed by atoms with van der Waals surface area (Å²) in [4.78, 5) is 6.30. The molecule has 0 amide bonds. The maximum atomic E-state index is 14.4. The van der Waals surface area contributed by atoms with Crippen molar-refractivity contribution in [3.63, 3.8) is 0 Å². The Morgan fingerprint density at radius 1 is 1.12 bits per heavy atom. The van der Waals surface area contributed by atoms with Gasteiger partial charge in [-0.15, -0.1) is 0 Å². The standard InChI is InChI=1S/C19H16FN3O2/c1-24-13-8-6-12(7-9-13)23-17(21)15-10-11-25-19(15)22-18(23)14-4-2-3-5-16(14)20/h2-11,17H,21H2,1H3. The Hall–Kier alpha value is -3.12. The maximum Gasteiger partial charge on any atom is 0.227 e. The van der Waals surface area contributed by atoms with E-state index in [-0.39, 0.29) is 5.82 Å². The van der Waals surface area contributed by atoms with Gasteiger partial charge in [0.2, 0.25) is 5.88 Å². The minimum Gasteiger partial charge on any atom is -0.497 e. The molecule has 0 spiro atoms. The lowest BCUT2D eigenvalue weighted by molar-refractivity contribution is 0.415. The summed E-state index contributed by atoms with van der Waals surface area (Å²) in [7, 11) is 1.60. The first-order valence-corrected chi connectivity index (χ1v) is 7.79. The number of halogens is 1. The van der Waals surface area contributed by atoms with Crippen LogP contribution in [0.1, 0.15) is 17.3 Å². The molecule has 4 rings (SSSR count). The number of hydrogen-bond acceptors (Lipinski definition) is 5. The van der Waals surface area contributed by atoms with Gasteiger partial charge in [0.05, 0.1) is 24.5 Å². The van der Waals surface area contributed by atoms with Crippen LogP contribution < -0.4 is 15.4 Å². The molecule has 1 atom stereocenters. The van der Waals surface area contributed by atoms with E-state index in [4.69, 9.17) is 14.9 Å². The van der Waals surface area contributed by atoms with E-state index in [1.807, 2.05) is 24.3 Å². The summed E-state index contributed by atoms with van der Waals surface area (Å²) in [5.74, 6) is 1.15. The van der Waals surface area contributed by atoms with E-state index in [2.05, 4.69) is 4.99 Å². The van der Waals surface area contributed by atoms with Crippen molar-refractivity contribution >= 4 is 17.4 Å². The van der Waals surface area contributed by atoms with Crippen LogP contribution >= 0.6 is 0 Å². The van der Waals surface area contributed by atoms with Crippen molar-refractivity contribution in [1.82, 2.24) is 0 Å². The highest BCUT2D eigenvalue weighted by atomic mass is 19.1. The predicted octanol–water partition coefficient (Wildman–Crippen LogP) is 3.98. The molecule has 6 heteroatoms. The molecular formula is C19H16FN3O2. The molecule has 3 aromatic rings. The zero-order valence-corrected chi connectivity index (χ0v) is 13.5. The molecule has 1 aromatic heterocycles. The topological polar surface area (TPSA) is 64.0 Å². The number of methoxy groups -OCH3 is 1. The Kier molecular flexibility index (Phi) is 3.74. The molecule has 1 unspecified atom stereocenters. The molecule has 25 heavy (non-hydrogen) atoms. The highest BCUT2D eigenvalue weighted by Gasteiger charge is 2.32. The minimum atomic E-state index is -0.547. The first-order valence-electron chi connectivity index (χ1n) is 7.79. The van der Waals surface area contributed by atoms with Gasteiger partial charge in [-0.25, -0.2) is 4.39 Å². The van der Waals surface area contributed by atoms with Crippen LogP contribution in [-0.4, -0.2) is 12.9 Å². The summed E-state index contributed by atoms with van der Waals surface area (Å²) in [6, 6.07) is 15.6. The van der Waals surface area contributed by atoms with Gasteiger partial charge < -0.3 is 19.8 Å². The Balaban J connectivity index is 1.88. The van der Waals surface area contributed by atoms with Crippen LogP contribution in [0.25, 0.3) is 0 Å². The van der Waals surface area contributed by atoms with Gasteiger partial charge >= 0.3 is 0 Å². The average Bonchev–Trinajstić information content (AvgIpc) is 3.11. The SMILES string of the molecule is COc1ccc(N2C(c3ccccc3F)=Nc3occc3C2N)cc1. The third kappa shape index (κ3) is 2.56. The molecule has 2 aromatic carbocycles. The van der Waals surface area contributed by atoms with Crippen molar-refractivity contribution < 1.29 is 13.5 Å². The summed E-state index contributed by atoms with van der Waals surface area (Å²) in [5, 5.41) is 0. The Morgan fingerprint density at radius 3 is 2.60 bits per heavy atom. The van der Waals surface area contributed by atoms with Crippen LogP contribution in [0, 0.1) is 5.82 Å². The number of ether oxygens (including phenoxy) is 1. The van der Waals surface area contributed by atoms with Crippen molar-refractivity contribution in [1.29, 1.82) is 0 Å². The van der Waals surface area contributed by atoms with Crippen LogP contribution in [-0.2, 0) is 0 Å². The molecule has 2 N–H and O–H groups in total. The minimum absolute atomic E-state index is 0.357. The lowest BCUT2D eigenvalue weighted by atomic mass is 10.1. The maximum absolute atomic E-state index is 14.4. The van der Waals surface area contributed by atoms with Crippen molar-refractivity contribution in [2.45, 2.75) is 6.17 Å². The number of amidine groups is 1. The quantitative estimate of drug-likeness (QED) is 0.785. The monoisotopic (exact) mass is 337 g/mol. The zero-order valence-electron chi connectivity index (χ0n) is 13.5. The van der Waals surface area contributed by atoms with Crippen LogP contribution in [0.2, 0.25) is 0 Å². The fourth-order valence-electron chi connectivity index (χ4n) is 2.91. The fraction of sp³-hybridized carbons (Fsp3) is 0.105. The number of rotatable bonds is 3. The Morgan fingerprint density at radius 2 is 1.88 bits per heavy atom. The zero-order chi connectivity index (χ0) is 17.4. The molecule has 1 aliphatic heterocycles. The second kappa shape index (κ2) is 6.07. The van der Waals surface area contributed by atoms with Gasteiger partial charge in [0.25, 0.3) is 0 Å². The molecule has 0 aliphatic carbocycles. The summed E-state index contributed by atoms with van der Waals surface area (Å²) >= 11 is 0. The molecule has 0 saturated carbocycles. The van der Waals surface area contributed by atoms with Gasteiger partial charge in [0.1, 0.15) is 23.6 Å². The van der Waals surface area contributed by atoms with Gasteiger partial charge in [-0.3, -0.25) is 0 Å². The van der Waals surface area contributed by atoms with E-state index in [1.165, 1.54) is 12.3 Å². The van der Waals surface area contributed by atoms with Crippen LogP contribution in [0.3, 0.4) is 0 Å². The molecule has 126 valence electrons. The van der Waals surface area contributed by atoms with Crippen LogP contribution in [0.15, 0.2) is 70.3 Å². The summed E-state index contributed by atoms with van der Waals surface area (Å²) < 4.78 is 25.0.